The van der Waals surface area contributed by atoms with E-state index >= 15 is 0 Å². The Kier molecular flexibility index (Phi) is 3.70. The van der Waals surface area contributed by atoms with Gasteiger partial charge in [0.15, 0.2) is 0 Å². The molecule has 1 aliphatic heterocycles. The first kappa shape index (κ1) is 12.0. The lowest BCUT2D eigenvalue weighted by atomic mass is 10.3. The van der Waals surface area contributed by atoms with Crippen LogP contribution in [0.4, 0.5) is 5.69 Å². The molecule has 2 rings (SSSR count). The Morgan fingerprint density at radius 3 is 2.82 bits per heavy atom. The third kappa shape index (κ3) is 2.80. The lowest BCUT2D eigenvalue weighted by Crippen LogP contribution is -2.42. The fourth-order valence-corrected chi connectivity index (χ4v) is 2.69. The molecule has 6 nitrogen and oxygen atoms in total. The molecular formula is C10H14N4O2S. The van der Waals surface area contributed by atoms with Crippen LogP contribution in [-0.2, 0) is 10.8 Å². The maximum atomic E-state index is 12.1. The number of nitrogen functional groups attached to an aromatic ring is 1. The summed E-state index contributed by atoms with van der Waals surface area (Å²) in [6.07, 6.45) is 1.53. The molecule has 7 heteroatoms. The molecule has 0 aliphatic carbocycles. The highest BCUT2D eigenvalue weighted by molar-refractivity contribution is 7.85. The van der Waals surface area contributed by atoms with Crippen molar-refractivity contribution in [2.45, 2.75) is 0 Å². The van der Waals surface area contributed by atoms with E-state index in [2.05, 4.69) is 10.4 Å². The Hall–Kier alpha value is -1.47. The van der Waals surface area contributed by atoms with Gasteiger partial charge in [0, 0.05) is 41.6 Å². The van der Waals surface area contributed by atoms with Crippen molar-refractivity contribution in [1.29, 1.82) is 0 Å². The lowest BCUT2D eigenvalue weighted by Gasteiger charge is -2.26. The Morgan fingerprint density at radius 1 is 1.47 bits per heavy atom. The van der Waals surface area contributed by atoms with Crippen LogP contribution in [0.5, 0.6) is 0 Å². The smallest absolute Gasteiger partial charge is 0.272 e. The number of aromatic nitrogens is 1. The van der Waals surface area contributed by atoms with Gasteiger partial charge in [-0.15, -0.1) is 0 Å². The van der Waals surface area contributed by atoms with Crippen molar-refractivity contribution < 1.29 is 9.00 Å². The number of hydrogen-bond acceptors (Lipinski definition) is 5. The molecule has 3 N–H and O–H groups in total. The van der Waals surface area contributed by atoms with Crippen molar-refractivity contribution in [2.24, 2.45) is 5.84 Å². The van der Waals surface area contributed by atoms with Gasteiger partial charge in [-0.1, -0.05) is 0 Å². The van der Waals surface area contributed by atoms with Gasteiger partial charge in [-0.3, -0.25) is 19.8 Å². The average molecular weight is 254 g/mol. The number of hydrogen-bond donors (Lipinski definition) is 2. The summed E-state index contributed by atoms with van der Waals surface area (Å²) in [6.45, 7) is 1.04. The van der Waals surface area contributed by atoms with Gasteiger partial charge in [0.05, 0.1) is 5.69 Å². The van der Waals surface area contributed by atoms with Gasteiger partial charge in [-0.25, -0.2) is 0 Å². The molecule has 1 aromatic heterocycles. The van der Waals surface area contributed by atoms with E-state index < -0.39 is 10.8 Å². The summed E-state index contributed by atoms with van der Waals surface area (Å²) in [7, 11) is -0.786. The van der Waals surface area contributed by atoms with E-state index in [0.717, 1.165) is 0 Å². The van der Waals surface area contributed by atoms with Crippen LogP contribution >= 0.6 is 0 Å². The molecule has 1 amide bonds. The van der Waals surface area contributed by atoms with Gasteiger partial charge in [0.25, 0.3) is 5.91 Å². The average Bonchev–Trinajstić information content (AvgIpc) is 2.39. The first-order chi connectivity index (χ1) is 8.20. The number of nitrogens with one attached hydrogen (secondary N) is 1. The minimum absolute atomic E-state index is 0.140. The highest BCUT2D eigenvalue weighted by Crippen LogP contribution is 2.10. The van der Waals surface area contributed by atoms with E-state index in [1.54, 1.807) is 17.0 Å². The van der Waals surface area contributed by atoms with E-state index in [-0.39, 0.29) is 5.91 Å². The molecule has 1 saturated heterocycles. The molecule has 1 fully saturated rings. The van der Waals surface area contributed by atoms with E-state index in [1.165, 1.54) is 6.20 Å². The molecule has 2 heterocycles. The largest absolute Gasteiger partial charge is 0.335 e. The topological polar surface area (TPSA) is 88.3 Å². The second kappa shape index (κ2) is 5.24. The minimum atomic E-state index is -0.786. The van der Waals surface area contributed by atoms with Crippen molar-refractivity contribution in [1.82, 2.24) is 9.88 Å². The Labute approximate surface area is 102 Å². The predicted octanol–water partition coefficient (Wildman–Crippen LogP) is -0.428. The molecule has 0 spiro atoms. The van der Waals surface area contributed by atoms with Crippen LogP contribution < -0.4 is 11.3 Å². The van der Waals surface area contributed by atoms with Gasteiger partial charge in [0.1, 0.15) is 5.69 Å². The number of carbonyl (C=O) groups is 1. The zero-order chi connectivity index (χ0) is 12.3. The third-order valence-electron chi connectivity index (χ3n) is 2.61. The predicted molar refractivity (Wildman–Crippen MR) is 65.8 cm³/mol. The van der Waals surface area contributed by atoms with Crippen molar-refractivity contribution in [3.05, 3.63) is 24.0 Å². The maximum Gasteiger partial charge on any atom is 0.272 e. The molecule has 0 radical (unpaired) electrons. The second-order valence-electron chi connectivity index (χ2n) is 3.71. The number of pyridine rings is 1. The van der Waals surface area contributed by atoms with Gasteiger partial charge >= 0.3 is 0 Å². The molecule has 0 aromatic carbocycles. The van der Waals surface area contributed by atoms with Crippen LogP contribution in [0, 0.1) is 0 Å². The normalized spacial score (nSPS) is 16.9. The lowest BCUT2D eigenvalue weighted by molar-refractivity contribution is 0.0765. The molecule has 0 saturated carbocycles. The van der Waals surface area contributed by atoms with Gasteiger partial charge < -0.3 is 10.3 Å². The van der Waals surface area contributed by atoms with Crippen molar-refractivity contribution in [3.8, 4) is 0 Å². The Morgan fingerprint density at radius 2 is 2.18 bits per heavy atom. The van der Waals surface area contributed by atoms with Crippen molar-refractivity contribution in [2.75, 3.05) is 30.0 Å². The zero-order valence-corrected chi connectivity index (χ0v) is 10.1. The molecule has 0 atom stereocenters. The fraction of sp³-hybridized carbons (Fsp3) is 0.400. The zero-order valence-electron chi connectivity index (χ0n) is 9.26. The second-order valence-corrected chi connectivity index (χ2v) is 5.41. The summed E-state index contributed by atoms with van der Waals surface area (Å²) in [5.41, 5.74) is 3.47. The first-order valence-electron chi connectivity index (χ1n) is 5.27. The number of rotatable bonds is 2. The number of amides is 1. The summed E-state index contributed by atoms with van der Waals surface area (Å²) in [4.78, 5) is 17.8. The van der Waals surface area contributed by atoms with Crippen LogP contribution in [0.1, 0.15) is 10.5 Å². The molecule has 1 aliphatic rings. The van der Waals surface area contributed by atoms with E-state index in [9.17, 15) is 9.00 Å². The quantitative estimate of drug-likeness (QED) is 0.552. The van der Waals surface area contributed by atoms with Gasteiger partial charge in [-0.2, -0.15) is 0 Å². The molecule has 0 bridgehead atoms. The summed E-state index contributed by atoms with van der Waals surface area (Å²) >= 11 is 0. The third-order valence-corrected chi connectivity index (χ3v) is 3.89. The number of nitrogens with two attached hydrogens (primary N) is 1. The first-order valence-corrected chi connectivity index (χ1v) is 6.76. The van der Waals surface area contributed by atoms with E-state index in [1.807, 2.05) is 0 Å². The van der Waals surface area contributed by atoms with Crippen LogP contribution in [0.3, 0.4) is 0 Å². The highest BCUT2D eigenvalue weighted by Gasteiger charge is 2.22. The fourth-order valence-electron chi connectivity index (χ4n) is 1.64. The summed E-state index contributed by atoms with van der Waals surface area (Å²) in [5, 5.41) is 0. The molecule has 92 valence electrons. The standard InChI is InChI=1S/C10H14N4O2S/c11-13-8-1-2-12-9(7-8)10(15)14-3-5-17(16)6-4-14/h1-2,7H,3-6,11H2,(H,12,13). The van der Waals surface area contributed by atoms with Crippen LogP contribution in [-0.4, -0.2) is 44.6 Å². The summed E-state index contributed by atoms with van der Waals surface area (Å²) < 4.78 is 11.2. The number of hydrazine groups is 1. The van der Waals surface area contributed by atoms with Crippen molar-refractivity contribution >= 4 is 22.4 Å². The monoisotopic (exact) mass is 254 g/mol. The molecule has 17 heavy (non-hydrogen) atoms. The molecular weight excluding hydrogens is 240 g/mol. The van der Waals surface area contributed by atoms with E-state index in [0.29, 0.717) is 36.0 Å². The van der Waals surface area contributed by atoms with Crippen LogP contribution in [0.15, 0.2) is 18.3 Å². The SMILES string of the molecule is NNc1ccnc(C(=O)N2CCS(=O)CC2)c1. The molecule has 1 aromatic rings. The summed E-state index contributed by atoms with van der Waals surface area (Å²) in [5.74, 6) is 6.22. The highest BCUT2D eigenvalue weighted by atomic mass is 32.2. The number of nitrogens with zero attached hydrogens (tertiary/aromatic N) is 2. The maximum absolute atomic E-state index is 12.1. The van der Waals surface area contributed by atoms with E-state index in [4.69, 9.17) is 5.84 Å². The van der Waals surface area contributed by atoms with Crippen LogP contribution in [0.25, 0.3) is 0 Å². The molecule has 0 unspecified atom stereocenters. The van der Waals surface area contributed by atoms with Gasteiger partial charge in [-0.05, 0) is 12.1 Å². The number of carbonyl (C=O) groups excluding carboxylic acids is 1. The number of anilines is 1. The minimum Gasteiger partial charge on any atom is -0.335 e. The van der Waals surface area contributed by atoms with Gasteiger partial charge in [0.2, 0.25) is 0 Å². The Balaban J connectivity index is 2.10. The van der Waals surface area contributed by atoms with Crippen molar-refractivity contribution in [3.63, 3.8) is 0 Å². The van der Waals surface area contributed by atoms with Crippen LogP contribution in [0.2, 0.25) is 0 Å². The Bertz CT molecular complexity index is 442. The summed E-state index contributed by atoms with van der Waals surface area (Å²) in [6, 6.07) is 3.29.